The highest BCUT2D eigenvalue weighted by atomic mass is 16.3. The first-order valence-electron chi connectivity index (χ1n) is 9.64. The summed E-state index contributed by atoms with van der Waals surface area (Å²) in [7, 11) is 0. The lowest BCUT2D eigenvalue weighted by Crippen LogP contribution is -2.54. The van der Waals surface area contributed by atoms with Crippen molar-refractivity contribution >= 4 is 5.91 Å². The maximum atomic E-state index is 11.0. The van der Waals surface area contributed by atoms with Crippen molar-refractivity contribution in [3.05, 3.63) is 35.9 Å². The Morgan fingerprint density at radius 3 is 2.38 bits per heavy atom. The van der Waals surface area contributed by atoms with E-state index in [2.05, 4.69) is 15.5 Å². The fraction of sp³-hybridized carbons (Fsp3) is 0.650. The summed E-state index contributed by atoms with van der Waals surface area (Å²) in [4.78, 5) is 13.1. The Kier molecular flexibility index (Phi) is 9.05. The Bertz CT molecular complexity index is 511. The number of amides is 1. The van der Waals surface area contributed by atoms with Crippen LogP contribution in [0.25, 0.3) is 0 Å². The SMILES string of the molecule is C1CCNCC1.CC(=O)NC[C@H]1CN(Cc2ccccc2)C[C@@H](O)[C@H]1O. The van der Waals surface area contributed by atoms with Gasteiger partial charge in [-0.15, -0.1) is 0 Å². The number of rotatable bonds is 4. The lowest BCUT2D eigenvalue weighted by atomic mass is 9.92. The Hall–Kier alpha value is -1.47. The zero-order chi connectivity index (χ0) is 18.8. The average Bonchev–Trinajstić information content (AvgIpc) is 2.66. The number of benzene rings is 1. The summed E-state index contributed by atoms with van der Waals surface area (Å²) in [6.45, 7) is 6.19. The van der Waals surface area contributed by atoms with Gasteiger partial charge in [-0.1, -0.05) is 36.8 Å². The number of β-amino-alcohol motifs (C(OH)–C–C–N with tert-alkyl or cyclic N) is 1. The summed E-state index contributed by atoms with van der Waals surface area (Å²) in [5, 5.41) is 26.0. The molecule has 2 aliphatic rings. The number of piperidine rings is 2. The summed E-state index contributed by atoms with van der Waals surface area (Å²) in [6.07, 6.45) is 2.66. The molecule has 146 valence electrons. The van der Waals surface area contributed by atoms with Crippen LogP contribution in [0.2, 0.25) is 0 Å². The minimum atomic E-state index is -0.783. The van der Waals surface area contributed by atoms with E-state index < -0.39 is 12.2 Å². The highest BCUT2D eigenvalue weighted by Crippen LogP contribution is 2.19. The Morgan fingerprint density at radius 2 is 1.85 bits per heavy atom. The number of hydrogen-bond donors (Lipinski definition) is 4. The topological polar surface area (TPSA) is 84.8 Å². The molecule has 1 aromatic carbocycles. The molecule has 26 heavy (non-hydrogen) atoms. The number of nitrogens with zero attached hydrogens (tertiary/aromatic N) is 1. The average molecular weight is 364 g/mol. The molecular formula is C20H33N3O3. The fourth-order valence-electron chi connectivity index (χ4n) is 3.43. The first-order valence-corrected chi connectivity index (χ1v) is 9.64. The van der Waals surface area contributed by atoms with Crippen LogP contribution in [-0.2, 0) is 11.3 Å². The molecule has 0 aliphatic carbocycles. The molecule has 0 bridgehead atoms. The zero-order valence-electron chi connectivity index (χ0n) is 15.7. The van der Waals surface area contributed by atoms with Gasteiger partial charge in [0.1, 0.15) is 0 Å². The van der Waals surface area contributed by atoms with Crippen LogP contribution in [0.1, 0.15) is 31.7 Å². The molecule has 2 fully saturated rings. The van der Waals surface area contributed by atoms with E-state index in [1.807, 2.05) is 30.3 Å². The molecule has 1 amide bonds. The molecule has 0 aromatic heterocycles. The molecule has 0 spiro atoms. The highest BCUT2D eigenvalue weighted by molar-refractivity contribution is 5.72. The van der Waals surface area contributed by atoms with Crippen LogP contribution in [0.5, 0.6) is 0 Å². The number of carbonyl (C=O) groups excluding carboxylic acids is 1. The van der Waals surface area contributed by atoms with Crippen molar-refractivity contribution in [2.45, 2.75) is 44.9 Å². The smallest absolute Gasteiger partial charge is 0.216 e. The van der Waals surface area contributed by atoms with Crippen LogP contribution in [0, 0.1) is 5.92 Å². The number of nitrogens with one attached hydrogen (secondary N) is 2. The van der Waals surface area contributed by atoms with Crippen LogP contribution in [0.4, 0.5) is 0 Å². The lowest BCUT2D eigenvalue weighted by Gasteiger charge is -2.39. The maximum absolute atomic E-state index is 11.0. The van der Waals surface area contributed by atoms with Gasteiger partial charge in [0, 0.05) is 39.0 Å². The molecule has 2 heterocycles. The van der Waals surface area contributed by atoms with E-state index in [4.69, 9.17) is 0 Å². The minimum Gasteiger partial charge on any atom is -0.390 e. The second kappa shape index (κ2) is 11.3. The Labute approximate surface area is 156 Å². The van der Waals surface area contributed by atoms with E-state index in [0.717, 1.165) is 6.54 Å². The quantitative estimate of drug-likeness (QED) is 0.634. The minimum absolute atomic E-state index is 0.119. The van der Waals surface area contributed by atoms with E-state index in [0.29, 0.717) is 19.6 Å². The largest absolute Gasteiger partial charge is 0.390 e. The molecule has 2 aliphatic heterocycles. The molecule has 3 atom stereocenters. The van der Waals surface area contributed by atoms with Gasteiger partial charge in [0.05, 0.1) is 12.2 Å². The van der Waals surface area contributed by atoms with Crippen molar-refractivity contribution in [3.8, 4) is 0 Å². The first-order chi connectivity index (χ1) is 12.6. The second-order valence-corrected chi connectivity index (χ2v) is 7.25. The third-order valence-electron chi connectivity index (χ3n) is 4.88. The summed E-state index contributed by atoms with van der Waals surface area (Å²) < 4.78 is 0. The van der Waals surface area contributed by atoms with Gasteiger partial charge >= 0.3 is 0 Å². The second-order valence-electron chi connectivity index (χ2n) is 7.25. The third-order valence-corrected chi connectivity index (χ3v) is 4.88. The van der Waals surface area contributed by atoms with Crippen molar-refractivity contribution in [2.75, 3.05) is 32.7 Å². The number of aliphatic hydroxyl groups excluding tert-OH is 2. The van der Waals surface area contributed by atoms with Gasteiger partial charge in [0.15, 0.2) is 0 Å². The Morgan fingerprint density at radius 1 is 1.15 bits per heavy atom. The molecule has 0 radical (unpaired) electrons. The molecule has 2 saturated heterocycles. The highest BCUT2D eigenvalue weighted by Gasteiger charge is 2.34. The molecule has 6 heteroatoms. The van der Waals surface area contributed by atoms with Gasteiger partial charge < -0.3 is 20.8 Å². The van der Waals surface area contributed by atoms with Crippen molar-refractivity contribution in [1.29, 1.82) is 0 Å². The van der Waals surface area contributed by atoms with E-state index in [1.165, 1.54) is 44.8 Å². The van der Waals surface area contributed by atoms with Crippen LogP contribution in [-0.4, -0.2) is 66.0 Å². The predicted molar refractivity (Wildman–Crippen MR) is 103 cm³/mol. The zero-order valence-corrected chi connectivity index (χ0v) is 15.7. The molecule has 4 N–H and O–H groups in total. The molecule has 0 unspecified atom stereocenters. The van der Waals surface area contributed by atoms with Crippen LogP contribution < -0.4 is 10.6 Å². The molecular weight excluding hydrogens is 330 g/mol. The van der Waals surface area contributed by atoms with E-state index in [9.17, 15) is 15.0 Å². The van der Waals surface area contributed by atoms with Gasteiger partial charge in [-0.25, -0.2) is 0 Å². The monoisotopic (exact) mass is 363 g/mol. The maximum Gasteiger partial charge on any atom is 0.216 e. The normalized spacial score (nSPS) is 26.5. The molecule has 1 aromatic rings. The summed E-state index contributed by atoms with van der Waals surface area (Å²) in [5.74, 6) is -0.266. The van der Waals surface area contributed by atoms with Gasteiger partial charge in [0.2, 0.25) is 5.91 Å². The van der Waals surface area contributed by atoms with Crippen molar-refractivity contribution < 1.29 is 15.0 Å². The lowest BCUT2D eigenvalue weighted by molar-refractivity contribution is -0.120. The van der Waals surface area contributed by atoms with E-state index in [1.54, 1.807) is 0 Å². The van der Waals surface area contributed by atoms with E-state index >= 15 is 0 Å². The van der Waals surface area contributed by atoms with Gasteiger partial charge in [-0.05, 0) is 31.5 Å². The molecule has 3 rings (SSSR count). The van der Waals surface area contributed by atoms with Gasteiger partial charge in [0.25, 0.3) is 0 Å². The first kappa shape index (κ1) is 20.8. The number of carbonyl (C=O) groups is 1. The van der Waals surface area contributed by atoms with Crippen LogP contribution in [0.15, 0.2) is 30.3 Å². The van der Waals surface area contributed by atoms with Crippen molar-refractivity contribution in [1.82, 2.24) is 15.5 Å². The number of hydrogen-bond acceptors (Lipinski definition) is 5. The van der Waals surface area contributed by atoms with Crippen molar-refractivity contribution in [2.24, 2.45) is 5.92 Å². The standard InChI is InChI=1S/C15H22N2O3.C5H11N/c1-11(18)16-7-13-9-17(10-14(19)15(13)20)8-12-5-3-2-4-6-12;1-2-4-6-5-3-1/h2-6,13-15,19-20H,7-10H2,1H3,(H,16,18);6H,1-5H2/t13-,14+,15-;/m0./s1. The Balaban J connectivity index is 0.000000342. The fourth-order valence-corrected chi connectivity index (χ4v) is 3.43. The van der Waals surface area contributed by atoms with Gasteiger partial charge in [-0.2, -0.15) is 0 Å². The third kappa shape index (κ3) is 7.41. The van der Waals surface area contributed by atoms with Crippen LogP contribution in [0.3, 0.4) is 0 Å². The summed E-state index contributed by atoms with van der Waals surface area (Å²) in [6, 6.07) is 10.0. The van der Waals surface area contributed by atoms with Gasteiger partial charge in [-0.3, -0.25) is 9.69 Å². The van der Waals surface area contributed by atoms with E-state index in [-0.39, 0.29) is 11.8 Å². The summed E-state index contributed by atoms with van der Waals surface area (Å²) >= 11 is 0. The number of aliphatic hydroxyl groups is 2. The predicted octanol–water partition coefficient (Wildman–Crippen LogP) is 0.736. The van der Waals surface area contributed by atoms with Crippen LogP contribution >= 0.6 is 0 Å². The molecule has 0 saturated carbocycles. The van der Waals surface area contributed by atoms with Crippen molar-refractivity contribution in [3.63, 3.8) is 0 Å². The molecule has 6 nitrogen and oxygen atoms in total. The number of likely N-dealkylation sites (tertiary alicyclic amines) is 1. The summed E-state index contributed by atoms with van der Waals surface area (Å²) in [5.41, 5.74) is 1.18.